The molecule has 64 valence electrons. The standard InChI is InChI=1S/C7H7BrN2OS/c8-4-1-6(12-3-4)5-2-11-7(9)10-5/h1,3,5H,2H2,(H2,9,10). The van der Waals surface area contributed by atoms with E-state index in [0.717, 1.165) is 4.47 Å². The van der Waals surface area contributed by atoms with Gasteiger partial charge in [0.1, 0.15) is 12.6 Å². The van der Waals surface area contributed by atoms with Gasteiger partial charge in [-0.1, -0.05) is 0 Å². The van der Waals surface area contributed by atoms with E-state index >= 15 is 0 Å². The number of nitrogens with two attached hydrogens (primary N) is 1. The first-order valence-electron chi connectivity index (χ1n) is 3.46. The highest BCUT2D eigenvalue weighted by molar-refractivity contribution is 9.10. The van der Waals surface area contributed by atoms with Gasteiger partial charge < -0.3 is 10.5 Å². The molecule has 0 amide bonds. The lowest BCUT2D eigenvalue weighted by atomic mass is 10.3. The van der Waals surface area contributed by atoms with Gasteiger partial charge in [0.15, 0.2) is 0 Å². The third-order valence-electron chi connectivity index (χ3n) is 1.59. The Labute approximate surface area is 82.4 Å². The van der Waals surface area contributed by atoms with Crippen LogP contribution in [-0.4, -0.2) is 12.6 Å². The van der Waals surface area contributed by atoms with Crippen molar-refractivity contribution >= 4 is 33.3 Å². The van der Waals surface area contributed by atoms with Crippen LogP contribution in [0.25, 0.3) is 0 Å². The van der Waals surface area contributed by atoms with Gasteiger partial charge in [0, 0.05) is 14.7 Å². The van der Waals surface area contributed by atoms with E-state index in [-0.39, 0.29) is 6.04 Å². The molecule has 1 unspecified atom stereocenters. The van der Waals surface area contributed by atoms with Crippen LogP contribution in [0.4, 0.5) is 0 Å². The van der Waals surface area contributed by atoms with Crippen molar-refractivity contribution in [1.29, 1.82) is 0 Å². The zero-order valence-electron chi connectivity index (χ0n) is 6.16. The highest BCUT2D eigenvalue weighted by Gasteiger charge is 2.19. The van der Waals surface area contributed by atoms with Crippen LogP contribution in [0, 0.1) is 0 Å². The molecule has 0 saturated carbocycles. The Morgan fingerprint density at radius 3 is 3.08 bits per heavy atom. The van der Waals surface area contributed by atoms with Crippen LogP contribution >= 0.6 is 27.3 Å². The summed E-state index contributed by atoms with van der Waals surface area (Å²) >= 11 is 5.04. The van der Waals surface area contributed by atoms with Gasteiger partial charge in [0.25, 0.3) is 6.02 Å². The summed E-state index contributed by atoms with van der Waals surface area (Å²) < 4.78 is 6.13. The highest BCUT2D eigenvalue weighted by atomic mass is 79.9. The molecule has 0 aliphatic carbocycles. The third kappa shape index (κ3) is 1.47. The maximum atomic E-state index is 5.39. The Kier molecular flexibility index (Phi) is 2.06. The maximum Gasteiger partial charge on any atom is 0.282 e. The zero-order chi connectivity index (χ0) is 8.55. The molecule has 2 heterocycles. The zero-order valence-corrected chi connectivity index (χ0v) is 8.56. The minimum Gasteiger partial charge on any atom is -0.463 e. The first-order valence-corrected chi connectivity index (χ1v) is 5.13. The summed E-state index contributed by atoms with van der Waals surface area (Å²) in [7, 11) is 0. The molecule has 0 saturated heterocycles. The minimum atomic E-state index is 0.0984. The molecule has 0 aromatic carbocycles. The monoisotopic (exact) mass is 246 g/mol. The summed E-state index contributed by atoms with van der Waals surface area (Å²) in [6.07, 6.45) is 0. The van der Waals surface area contributed by atoms with Gasteiger partial charge in [-0.25, -0.2) is 4.99 Å². The Morgan fingerprint density at radius 1 is 1.75 bits per heavy atom. The van der Waals surface area contributed by atoms with Crippen LogP contribution in [0.5, 0.6) is 0 Å². The van der Waals surface area contributed by atoms with Crippen molar-refractivity contribution in [2.75, 3.05) is 6.61 Å². The van der Waals surface area contributed by atoms with Crippen molar-refractivity contribution in [2.45, 2.75) is 6.04 Å². The lowest BCUT2D eigenvalue weighted by molar-refractivity contribution is 0.316. The summed E-state index contributed by atoms with van der Waals surface area (Å²) in [5.74, 6) is 0. The quantitative estimate of drug-likeness (QED) is 0.823. The van der Waals surface area contributed by atoms with Crippen molar-refractivity contribution in [3.63, 3.8) is 0 Å². The van der Waals surface area contributed by atoms with Gasteiger partial charge in [-0.05, 0) is 22.0 Å². The number of thiophene rings is 1. The first-order chi connectivity index (χ1) is 5.75. The van der Waals surface area contributed by atoms with E-state index in [1.165, 1.54) is 4.88 Å². The molecule has 1 aliphatic heterocycles. The average Bonchev–Trinajstić information content (AvgIpc) is 2.58. The maximum absolute atomic E-state index is 5.39. The Morgan fingerprint density at radius 2 is 2.58 bits per heavy atom. The van der Waals surface area contributed by atoms with Gasteiger partial charge in [0.05, 0.1) is 0 Å². The topological polar surface area (TPSA) is 47.6 Å². The molecule has 0 spiro atoms. The molecule has 2 rings (SSSR count). The van der Waals surface area contributed by atoms with Gasteiger partial charge in [0.2, 0.25) is 0 Å². The average molecular weight is 247 g/mol. The third-order valence-corrected chi connectivity index (χ3v) is 3.38. The molecular weight excluding hydrogens is 240 g/mol. The molecule has 1 aromatic rings. The summed E-state index contributed by atoms with van der Waals surface area (Å²) in [5.41, 5.74) is 5.39. The lowest BCUT2D eigenvalue weighted by Gasteiger charge is -1.98. The Balaban J connectivity index is 2.21. The predicted molar refractivity (Wildman–Crippen MR) is 52.3 cm³/mol. The van der Waals surface area contributed by atoms with E-state index in [9.17, 15) is 0 Å². The summed E-state index contributed by atoms with van der Waals surface area (Å²) in [6, 6.07) is 2.44. The van der Waals surface area contributed by atoms with E-state index in [2.05, 4.69) is 20.9 Å². The SMILES string of the molecule is NC1=NC(c2cc(Br)cs2)CO1. The second-order valence-corrected chi connectivity index (χ2v) is 4.32. The molecule has 2 N–H and O–H groups in total. The fourth-order valence-electron chi connectivity index (χ4n) is 1.04. The van der Waals surface area contributed by atoms with E-state index < -0.39 is 0 Å². The number of nitrogens with zero attached hydrogens (tertiary/aromatic N) is 1. The molecule has 1 atom stereocenters. The second-order valence-electron chi connectivity index (χ2n) is 2.46. The van der Waals surface area contributed by atoms with Crippen LogP contribution in [0.2, 0.25) is 0 Å². The number of halogens is 1. The summed E-state index contributed by atoms with van der Waals surface area (Å²) in [6.45, 7) is 0.568. The van der Waals surface area contributed by atoms with Crippen molar-refractivity contribution in [1.82, 2.24) is 0 Å². The van der Waals surface area contributed by atoms with Crippen LogP contribution in [0.15, 0.2) is 20.9 Å². The van der Waals surface area contributed by atoms with Gasteiger partial charge in [-0.3, -0.25) is 0 Å². The van der Waals surface area contributed by atoms with Crippen molar-refractivity contribution in [2.24, 2.45) is 10.7 Å². The van der Waals surface area contributed by atoms with Crippen LogP contribution in [0.3, 0.4) is 0 Å². The van der Waals surface area contributed by atoms with Crippen LogP contribution < -0.4 is 5.73 Å². The largest absolute Gasteiger partial charge is 0.463 e. The normalized spacial score (nSPS) is 22.1. The molecule has 0 fully saturated rings. The van der Waals surface area contributed by atoms with Gasteiger partial charge in [-0.2, -0.15) is 0 Å². The fourth-order valence-corrected chi connectivity index (χ4v) is 2.51. The molecule has 0 bridgehead atoms. The number of hydrogen-bond acceptors (Lipinski definition) is 4. The van der Waals surface area contributed by atoms with Crippen molar-refractivity contribution < 1.29 is 4.74 Å². The molecule has 1 aromatic heterocycles. The number of hydrogen-bond donors (Lipinski definition) is 1. The van der Waals surface area contributed by atoms with Crippen LogP contribution in [0.1, 0.15) is 10.9 Å². The van der Waals surface area contributed by atoms with Gasteiger partial charge >= 0.3 is 0 Å². The smallest absolute Gasteiger partial charge is 0.282 e. The van der Waals surface area contributed by atoms with E-state index in [1.807, 2.05) is 11.4 Å². The fraction of sp³-hybridized carbons (Fsp3) is 0.286. The first kappa shape index (κ1) is 8.07. The minimum absolute atomic E-state index is 0.0984. The number of rotatable bonds is 1. The van der Waals surface area contributed by atoms with E-state index in [1.54, 1.807) is 11.3 Å². The van der Waals surface area contributed by atoms with Gasteiger partial charge in [-0.15, -0.1) is 11.3 Å². The predicted octanol–water partition coefficient (Wildman–Crippen LogP) is 1.90. The summed E-state index contributed by atoms with van der Waals surface area (Å²) in [5, 5.41) is 2.03. The van der Waals surface area contributed by atoms with E-state index in [4.69, 9.17) is 10.5 Å². The molecule has 5 heteroatoms. The Bertz CT molecular complexity index is 323. The molecule has 1 aliphatic rings. The second kappa shape index (κ2) is 3.06. The molecule has 0 radical (unpaired) electrons. The Hall–Kier alpha value is -0.550. The lowest BCUT2D eigenvalue weighted by Crippen LogP contribution is -2.10. The van der Waals surface area contributed by atoms with Crippen molar-refractivity contribution in [3.05, 3.63) is 20.8 Å². The van der Waals surface area contributed by atoms with Crippen molar-refractivity contribution in [3.8, 4) is 0 Å². The van der Waals surface area contributed by atoms with Crippen LogP contribution in [-0.2, 0) is 4.74 Å². The highest BCUT2D eigenvalue weighted by Crippen LogP contribution is 2.29. The summed E-state index contributed by atoms with van der Waals surface area (Å²) in [4.78, 5) is 5.32. The number of ether oxygens (including phenoxy) is 1. The van der Waals surface area contributed by atoms with E-state index in [0.29, 0.717) is 12.6 Å². The molecular formula is C7H7BrN2OS. The molecule has 12 heavy (non-hydrogen) atoms. The number of amidine groups is 1. The molecule has 3 nitrogen and oxygen atoms in total. The number of aliphatic imine (C=N–C) groups is 1.